The molecule has 2 unspecified atom stereocenters. The molecule has 0 aliphatic heterocycles. The largest absolute Gasteiger partial charge is 0.509 e. The summed E-state index contributed by atoms with van der Waals surface area (Å²) in [6, 6.07) is 7.80. The van der Waals surface area contributed by atoms with Gasteiger partial charge in [0, 0.05) is 16.9 Å². The lowest BCUT2D eigenvalue weighted by Crippen LogP contribution is -2.27. The third-order valence-electron chi connectivity index (χ3n) is 5.51. The fraction of sp³-hybridized carbons (Fsp3) is 0.545. The fourth-order valence-corrected chi connectivity index (χ4v) is 4.09. The Morgan fingerprint density at radius 2 is 1.82 bits per heavy atom. The SMILES string of the molecule is CC(OC(=O)OC(Cn1ccnc1)c1ccc(Br)cc1)C1CCCCCCC1. The van der Waals surface area contributed by atoms with Crippen LogP contribution in [0.15, 0.2) is 47.5 Å². The van der Waals surface area contributed by atoms with Crippen molar-refractivity contribution in [2.45, 2.75) is 70.6 Å². The Morgan fingerprint density at radius 1 is 1.14 bits per heavy atom. The van der Waals surface area contributed by atoms with Crippen LogP contribution in [0.3, 0.4) is 0 Å². The standard InChI is InChI=1S/C22H29BrN2O3/c1-17(18-7-5-3-2-4-6-8-18)27-22(26)28-21(15-25-14-13-24-16-25)19-9-11-20(23)12-10-19/h9-14,16-18,21H,2-8,15H2,1H3. The molecule has 6 heteroatoms. The van der Waals surface area contributed by atoms with Gasteiger partial charge < -0.3 is 14.0 Å². The summed E-state index contributed by atoms with van der Waals surface area (Å²) < 4.78 is 14.3. The molecule has 1 aromatic carbocycles. The molecule has 0 saturated heterocycles. The molecule has 5 nitrogen and oxygen atoms in total. The first kappa shape index (κ1) is 20.9. The number of carbonyl (C=O) groups excluding carboxylic acids is 1. The van der Waals surface area contributed by atoms with Gasteiger partial charge in [0.15, 0.2) is 0 Å². The summed E-state index contributed by atoms with van der Waals surface area (Å²) in [4.78, 5) is 16.6. The molecule has 1 saturated carbocycles. The van der Waals surface area contributed by atoms with E-state index in [1.165, 1.54) is 32.1 Å². The maximum absolute atomic E-state index is 12.6. The lowest BCUT2D eigenvalue weighted by Gasteiger charge is -2.26. The van der Waals surface area contributed by atoms with E-state index in [-0.39, 0.29) is 6.10 Å². The van der Waals surface area contributed by atoms with E-state index in [1.807, 2.05) is 42.0 Å². The maximum atomic E-state index is 12.6. The number of hydrogen-bond donors (Lipinski definition) is 0. The van der Waals surface area contributed by atoms with Crippen LogP contribution in [0.5, 0.6) is 0 Å². The topological polar surface area (TPSA) is 53.4 Å². The molecule has 2 aromatic rings. The lowest BCUT2D eigenvalue weighted by molar-refractivity contribution is -0.0202. The van der Waals surface area contributed by atoms with Crippen molar-refractivity contribution in [1.29, 1.82) is 0 Å². The van der Waals surface area contributed by atoms with Crippen LogP contribution in [0.2, 0.25) is 0 Å². The number of imidazole rings is 1. The Bertz CT molecular complexity index is 710. The van der Waals surface area contributed by atoms with Gasteiger partial charge in [0.1, 0.15) is 12.2 Å². The molecule has 152 valence electrons. The summed E-state index contributed by atoms with van der Waals surface area (Å²) in [7, 11) is 0. The highest BCUT2D eigenvalue weighted by atomic mass is 79.9. The van der Waals surface area contributed by atoms with Crippen molar-refractivity contribution >= 4 is 22.1 Å². The van der Waals surface area contributed by atoms with Crippen molar-refractivity contribution < 1.29 is 14.3 Å². The van der Waals surface area contributed by atoms with Gasteiger partial charge in [-0.2, -0.15) is 0 Å². The van der Waals surface area contributed by atoms with Gasteiger partial charge in [0.05, 0.1) is 12.9 Å². The van der Waals surface area contributed by atoms with Crippen molar-refractivity contribution in [3.8, 4) is 0 Å². The molecular weight excluding hydrogens is 420 g/mol. The number of rotatable bonds is 6. The van der Waals surface area contributed by atoms with E-state index in [2.05, 4.69) is 20.9 Å². The van der Waals surface area contributed by atoms with E-state index in [0.717, 1.165) is 22.9 Å². The number of halogens is 1. The van der Waals surface area contributed by atoms with E-state index in [1.54, 1.807) is 12.5 Å². The third-order valence-corrected chi connectivity index (χ3v) is 6.04. The summed E-state index contributed by atoms with van der Waals surface area (Å²) in [5.74, 6) is 0.424. The van der Waals surface area contributed by atoms with Crippen molar-refractivity contribution in [2.75, 3.05) is 0 Å². The molecule has 2 atom stereocenters. The molecule has 1 aliphatic carbocycles. The van der Waals surface area contributed by atoms with Crippen molar-refractivity contribution in [2.24, 2.45) is 5.92 Å². The summed E-state index contributed by atoms with van der Waals surface area (Å²) in [5, 5.41) is 0. The van der Waals surface area contributed by atoms with Crippen LogP contribution in [0.4, 0.5) is 4.79 Å². The van der Waals surface area contributed by atoms with Gasteiger partial charge in [-0.15, -0.1) is 0 Å². The molecule has 1 aromatic heterocycles. The predicted octanol–water partition coefficient (Wildman–Crippen LogP) is 6.29. The maximum Gasteiger partial charge on any atom is 0.509 e. The molecule has 0 spiro atoms. The molecule has 0 radical (unpaired) electrons. The van der Waals surface area contributed by atoms with E-state index < -0.39 is 12.3 Å². The van der Waals surface area contributed by atoms with Gasteiger partial charge in [-0.25, -0.2) is 9.78 Å². The van der Waals surface area contributed by atoms with E-state index >= 15 is 0 Å². The van der Waals surface area contributed by atoms with E-state index in [4.69, 9.17) is 9.47 Å². The fourth-order valence-electron chi connectivity index (χ4n) is 3.82. The number of benzene rings is 1. The zero-order valence-corrected chi connectivity index (χ0v) is 18.0. The highest BCUT2D eigenvalue weighted by molar-refractivity contribution is 9.10. The Hall–Kier alpha value is -1.82. The van der Waals surface area contributed by atoms with Crippen LogP contribution in [-0.2, 0) is 16.0 Å². The smallest absolute Gasteiger partial charge is 0.431 e. The van der Waals surface area contributed by atoms with Crippen molar-refractivity contribution in [1.82, 2.24) is 9.55 Å². The molecule has 28 heavy (non-hydrogen) atoms. The first-order valence-corrected chi connectivity index (χ1v) is 11.0. The van der Waals surface area contributed by atoms with Crippen molar-refractivity contribution in [3.63, 3.8) is 0 Å². The van der Waals surface area contributed by atoms with Gasteiger partial charge in [-0.1, -0.05) is 60.2 Å². The van der Waals surface area contributed by atoms with E-state index in [0.29, 0.717) is 12.5 Å². The second-order valence-corrected chi connectivity index (χ2v) is 8.51. The Balaban J connectivity index is 1.62. The molecule has 1 aliphatic rings. The zero-order valence-electron chi connectivity index (χ0n) is 16.4. The Kier molecular flexibility index (Phi) is 7.95. The molecular formula is C22H29BrN2O3. The summed E-state index contributed by atoms with van der Waals surface area (Å²) in [6.07, 6.45) is 12.7. The average molecular weight is 449 g/mol. The number of ether oxygens (including phenoxy) is 2. The van der Waals surface area contributed by atoms with Gasteiger partial charge >= 0.3 is 6.16 Å². The van der Waals surface area contributed by atoms with E-state index in [9.17, 15) is 4.79 Å². The first-order chi connectivity index (χ1) is 13.6. The Labute approximate surface area is 175 Å². The summed E-state index contributed by atoms with van der Waals surface area (Å²) in [6.45, 7) is 2.49. The van der Waals surface area contributed by atoms with Gasteiger partial charge in [0.2, 0.25) is 0 Å². The van der Waals surface area contributed by atoms with Crippen LogP contribution in [0.1, 0.15) is 63.5 Å². The summed E-state index contributed by atoms with van der Waals surface area (Å²) in [5.41, 5.74) is 0.924. The van der Waals surface area contributed by atoms with Gasteiger partial charge in [-0.05, 0) is 43.4 Å². The van der Waals surface area contributed by atoms with Crippen LogP contribution >= 0.6 is 15.9 Å². The summed E-state index contributed by atoms with van der Waals surface area (Å²) >= 11 is 3.45. The highest BCUT2D eigenvalue weighted by Crippen LogP contribution is 2.28. The monoisotopic (exact) mass is 448 g/mol. The molecule has 0 N–H and O–H groups in total. The Morgan fingerprint density at radius 3 is 2.46 bits per heavy atom. The molecule has 1 fully saturated rings. The molecule has 0 bridgehead atoms. The lowest BCUT2D eigenvalue weighted by atomic mass is 9.88. The first-order valence-electron chi connectivity index (χ1n) is 10.2. The second-order valence-electron chi connectivity index (χ2n) is 7.60. The number of aromatic nitrogens is 2. The minimum absolute atomic E-state index is 0.121. The quantitative estimate of drug-likeness (QED) is 0.487. The van der Waals surface area contributed by atoms with Gasteiger partial charge in [-0.3, -0.25) is 0 Å². The van der Waals surface area contributed by atoms with Gasteiger partial charge in [0.25, 0.3) is 0 Å². The minimum Gasteiger partial charge on any atom is -0.431 e. The normalized spacial score (nSPS) is 17.9. The predicted molar refractivity (Wildman–Crippen MR) is 112 cm³/mol. The second kappa shape index (κ2) is 10.6. The molecule has 0 amide bonds. The van der Waals surface area contributed by atoms with Crippen LogP contribution in [0, 0.1) is 5.92 Å². The molecule has 3 rings (SSSR count). The van der Waals surface area contributed by atoms with Crippen LogP contribution in [-0.4, -0.2) is 21.8 Å². The number of nitrogens with zero attached hydrogens (tertiary/aromatic N) is 2. The van der Waals surface area contributed by atoms with Crippen LogP contribution < -0.4 is 0 Å². The minimum atomic E-state index is -0.595. The average Bonchev–Trinajstić information content (AvgIpc) is 3.14. The zero-order chi connectivity index (χ0) is 19.8. The third kappa shape index (κ3) is 6.36. The number of hydrogen-bond acceptors (Lipinski definition) is 4. The number of carbonyl (C=O) groups is 1. The molecule has 1 heterocycles. The van der Waals surface area contributed by atoms with Crippen molar-refractivity contribution in [3.05, 3.63) is 53.0 Å². The van der Waals surface area contributed by atoms with Crippen LogP contribution in [0.25, 0.3) is 0 Å². The highest BCUT2D eigenvalue weighted by Gasteiger charge is 2.25.